The number of para-hydroxylation sites is 1. The molecule has 1 aliphatic rings. The minimum absolute atomic E-state index is 0.233. The number of hydrogen-bond donors (Lipinski definition) is 1. The fourth-order valence-electron chi connectivity index (χ4n) is 2.81. The smallest absolute Gasteiger partial charge is 0.335 e. The van der Waals surface area contributed by atoms with E-state index in [9.17, 15) is 18.8 Å². The zero-order chi connectivity index (χ0) is 19.7. The van der Waals surface area contributed by atoms with Gasteiger partial charge in [-0.05, 0) is 54.6 Å². The fourth-order valence-corrected chi connectivity index (χ4v) is 2.81. The first-order valence-electron chi connectivity index (χ1n) is 8.35. The Morgan fingerprint density at radius 1 is 0.893 bits per heavy atom. The van der Waals surface area contributed by atoms with Gasteiger partial charge in [-0.1, -0.05) is 18.2 Å². The maximum absolute atomic E-state index is 13.1. The van der Waals surface area contributed by atoms with Gasteiger partial charge in [0.15, 0.2) is 0 Å². The van der Waals surface area contributed by atoms with E-state index in [1.54, 1.807) is 54.6 Å². The number of halogens is 1. The predicted octanol–water partition coefficient (Wildman–Crippen LogP) is 3.75. The topological polar surface area (TPSA) is 79.6 Å². The highest BCUT2D eigenvalue weighted by molar-refractivity contribution is 6.39. The number of amides is 4. The van der Waals surface area contributed by atoms with E-state index < -0.39 is 17.8 Å². The summed E-state index contributed by atoms with van der Waals surface area (Å²) in [6.07, 6.45) is 1.27. The van der Waals surface area contributed by atoms with Crippen LogP contribution in [-0.4, -0.2) is 17.8 Å². The van der Waals surface area contributed by atoms with E-state index in [2.05, 4.69) is 5.32 Å². The van der Waals surface area contributed by atoms with Crippen molar-refractivity contribution in [1.82, 2.24) is 5.32 Å². The molecule has 0 unspecified atom stereocenters. The Morgan fingerprint density at radius 2 is 1.61 bits per heavy atom. The first-order valence-corrected chi connectivity index (χ1v) is 8.35. The van der Waals surface area contributed by atoms with Crippen molar-refractivity contribution in [1.29, 1.82) is 0 Å². The van der Waals surface area contributed by atoms with Crippen molar-refractivity contribution in [2.45, 2.75) is 0 Å². The number of benzene rings is 2. The molecule has 0 atom stereocenters. The van der Waals surface area contributed by atoms with Crippen LogP contribution in [0, 0.1) is 5.82 Å². The molecule has 1 aromatic heterocycles. The number of barbiturate groups is 1. The summed E-state index contributed by atoms with van der Waals surface area (Å²) in [5, 5.41) is 2.15. The van der Waals surface area contributed by atoms with Gasteiger partial charge >= 0.3 is 6.03 Å². The Hall–Kier alpha value is -4.00. The molecule has 1 fully saturated rings. The van der Waals surface area contributed by atoms with Crippen LogP contribution in [0.25, 0.3) is 17.4 Å². The normalized spacial score (nSPS) is 15.8. The molecule has 3 aromatic rings. The second kappa shape index (κ2) is 6.96. The van der Waals surface area contributed by atoms with E-state index in [1.165, 1.54) is 18.2 Å². The van der Waals surface area contributed by atoms with Crippen molar-refractivity contribution in [3.8, 4) is 11.3 Å². The van der Waals surface area contributed by atoms with E-state index in [0.717, 1.165) is 4.90 Å². The van der Waals surface area contributed by atoms with Gasteiger partial charge in [-0.25, -0.2) is 14.1 Å². The van der Waals surface area contributed by atoms with Crippen molar-refractivity contribution in [2.24, 2.45) is 0 Å². The van der Waals surface area contributed by atoms with Gasteiger partial charge in [-0.15, -0.1) is 0 Å². The number of carbonyl (C=O) groups excluding carboxylic acids is 3. The molecular weight excluding hydrogens is 363 g/mol. The van der Waals surface area contributed by atoms with Crippen LogP contribution in [0.5, 0.6) is 0 Å². The van der Waals surface area contributed by atoms with E-state index in [1.807, 2.05) is 0 Å². The summed E-state index contributed by atoms with van der Waals surface area (Å²) in [5.74, 6) is -1.22. The Bertz CT molecular complexity index is 1100. The molecule has 2 heterocycles. The molecule has 0 radical (unpaired) electrons. The summed E-state index contributed by atoms with van der Waals surface area (Å²) in [6.45, 7) is 0. The number of rotatable bonds is 3. The monoisotopic (exact) mass is 376 g/mol. The van der Waals surface area contributed by atoms with E-state index in [4.69, 9.17) is 4.42 Å². The zero-order valence-electron chi connectivity index (χ0n) is 14.4. The van der Waals surface area contributed by atoms with Crippen LogP contribution in [0.4, 0.5) is 14.9 Å². The number of hydrogen-bond acceptors (Lipinski definition) is 4. The molecule has 4 amide bonds. The molecule has 28 heavy (non-hydrogen) atoms. The first kappa shape index (κ1) is 17.4. The Balaban J connectivity index is 1.67. The molecule has 0 bridgehead atoms. The number of carbonyl (C=O) groups is 3. The number of imide groups is 2. The largest absolute Gasteiger partial charge is 0.457 e. The van der Waals surface area contributed by atoms with Gasteiger partial charge in [-0.2, -0.15) is 0 Å². The van der Waals surface area contributed by atoms with E-state index >= 15 is 0 Å². The maximum Gasteiger partial charge on any atom is 0.335 e. The summed E-state index contributed by atoms with van der Waals surface area (Å²) in [7, 11) is 0. The molecule has 1 saturated heterocycles. The van der Waals surface area contributed by atoms with Crippen LogP contribution in [0.3, 0.4) is 0 Å². The number of urea groups is 1. The Kier molecular flexibility index (Phi) is 4.33. The van der Waals surface area contributed by atoms with Crippen molar-refractivity contribution in [2.75, 3.05) is 4.90 Å². The lowest BCUT2D eigenvalue weighted by molar-refractivity contribution is -0.122. The van der Waals surface area contributed by atoms with Crippen molar-refractivity contribution < 1.29 is 23.2 Å². The van der Waals surface area contributed by atoms with Crippen molar-refractivity contribution in [3.05, 3.63) is 83.9 Å². The van der Waals surface area contributed by atoms with Crippen LogP contribution in [0.15, 0.2) is 76.7 Å². The predicted molar refractivity (Wildman–Crippen MR) is 99.5 cm³/mol. The number of nitrogens with zero attached hydrogens (tertiary/aromatic N) is 1. The highest BCUT2D eigenvalue weighted by Gasteiger charge is 2.36. The Morgan fingerprint density at radius 3 is 2.32 bits per heavy atom. The van der Waals surface area contributed by atoms with Gasteiger partial charge in [0.2, 0.25) is 0 Å². The van der Waals surface area contributed by atoms with Gasteiger partial charge in [0, 0.05) is 5.56 Å². The summed E-state index contributed by atoms with van der Waals surface area (Å²) >= 11 is 0. The van der Waals surface area contributed by atoms with Crippen molar-refractivity contribution in [3.63, 3.8) is 0 Å². The second-order valence-corrected chi connectivity index (χ2v) is 6.00. The number of furan rings is 1. The van der Waals surface area contributed by atoms with Gasteiger partial charge in [0.1, 0.15) is 22.9 Å². The summed E-state index contributed by atoms with van der Waals surface area (Å²) in [5.41, 5.74) is 0.755. The molecule has 6 nitrogen and oxygen atoms in total. The summed E-state index contributed by atoms with van der Waals surface area (Å²) < 4.78 is 18.7. The van der Waals surface area contributed by atoms with Crippen molar-refractivity contribution >= 4 is 29.6 Å². The van der Waals surface area contributed by atoms with E-state index in [0.29, 0.717) is 17.0 Å². The molecular formula is C21H13FN2O4. The van der Waals surface area contributed by atoms with Crippen LogP contribution < -0.4 is 10.2 Å². The van der Waals surface area contributed by atoms with Gasteiger partial charge in [0.25, 0.3) is 11.8 Å². The second-order valence-electron chi connectivity index (χ2n) is 6.00. The van der Waals surface area contributed by atoms with Gasteiger partial charge in [0.05, 0.1) is 5.69 Å². The molecule has 1 aliphatic heterocycles. The van der Waals surface area contributed by atoms with Crippen LogP contribution in [0.1, 0.15) is 5.76 Å². The third-order valence-corrected chi connectivity index (χ3v) is 4.16. The standard InChI is InChI=1S/C21H13FN2O4/c22-14-8-6-13(7-9-14)18-11-10-16(28-18)12-17-19(25)23-21(27)24(20(17)26)15-4-2-1-3-5-15/h1-12H,(H,23,25,27). The SMILES string of the molecule is O=C1NC(=O)N(c2ccccc2)C(=O)C1=Cc1ccc(-c2ccc(F)cc2)o1. The average Bonchev–Trinajstić information content (AvgIpc) is 3.15. The van der Waals surface area contributed by atoms with Gasteiger partial charge < -0.3 is 4.42 Å². The van der Waals surface area contributed by atoms with Crippen LogP contribution in [0.2, 0.25) is 0 Å². The molecule has 138 valence electrons. The minimum atomic E-state index is -0.815. The number of nitrogens with one attached hydrogen (secondary N) is 1. The summed E-state index contributed by atoms with van der Waals surface area (Å²) in [6, 6.07) is 16.4. The molecule has 0 saturated carbocycles. The zero-order valence-corrected chi connectivity index (χ0v) is 14.4. The fraction of sp³-hybridized carbons (Fsp3) is 0. The first-order chi connectivity index (χ1) is 13.5. The van der Waals surface area contributed by atoms with Crippen LogP contribution in [-0.2, 0) is 9.59 Å². The Labute approximate surface area is 158 Å². The molecule has 2 aromatic carbocycles. The summed E-state index contributed by atoms with van der Waals surface area (Å²) in [4.78, 5) is 37.9. The third kappa shape index (κ3) is 3.21. The third-order valence-electron chi connectivity index (χ3n) is 4.16. The van der Waals surface area contributed by atoms with Crippen LogP contribution >= 0.6 is 0 Å². The molecule has 0 aliphatic carbocycles. The van der Waals surface area contributed by atoms with E-state index in [-0.39, 0.29) is 17.2 Å². The molecule has 1 N–H and O–H groups in total. The average molecular weight is 376 g/mol. The lowest BCUT2D eigenvalue weighted by atomic mass is 10.1. The quantitative estimate of drug-likeness (QED) is 0.558. The highest BCUT2D eigenvalue weighted by Crippen LogP contribution is 2.25. The highest BCUT2D eigenvalue weighted by atomic mass is 19.1. The lowest BCUT2D eigenvalue weighted by Crippen LogP contribution is -2.54. The molecule has 0 spiro atoms. The van der Waals surface area contributed by atoms with Gasteiger partial charge in [-0.3, -0.25) is 14.9 Å². The minimum Gasteiger partial charge on any atom is -0.457 e. The molecule has 4 rings (SSSR count). The lowest BCUT2D eigenvalue weighted by Gasteiger charge is -2.26. The molecule has 7 heteroatoms. The number of anilines is 1. The maximum atomic E-state index is 13.1.